The van der Waals surface area contributed by atoms with Gasteiger partial charge in [-0.25, -0.2) is 0 Å². The van der Waals surface area contributed by atoms with Crippen LogP contribution in [0.2, 0.25) is 0 Å². The van der Waals surface area contributed by atoms with Crippen molar-refractivity contribution in [1.29, 1.82) is 0 Å². The lowest BCUT2D eigenvalue weighted by Gasteiger charge is -2.32. The van der Waals surface area contributed by atoms with Gasteiger partial charge in [0.15, 0.2) is 0 Å². The summed E-state index contributed by atoms with van der Waals surface area (Å²) < 4.78 is 0. The van der Waals surface area contributed by atoms with Gasteiger partial charge in [0.1, 0.15) is 0 Å². The van der Waals surface area contributed by atoms with Crippen LogP contribution < -0.4 is 11.1 Å². The monoisotopic (exact) mass is 326 g/mol. The number of hydrogen-bond donors (Lipinski definition) is 2. The Kier molecular flexibility index (Phi) is 8.13. The lowest BCUT2D eigenvalue weighted by atomic mass is 9.80. The van der Waals surface area contributed by atoms with Crippen molar-refractivity contribution in [1.82, 2.24) is 5.32 Å². The summed E-state index contributed by atoms with van der Waals surface area (Å²) in [5.74, 6) is 0.0789. The van der Waals surface area contributed by atoms with Gasteiger partial charge in [-0.3, -0.25) is 4.79 Å². The highest BCUT2D eigenvalue weighted by molar-refractivity contribution is 5.85. The molecule has 0 aliphatic rings. The SMILES string of the molecule is CCC(CC)(CN)C(=O)NCC(C)(C)c1ccc(C)cc1.Cl. The van der Waals surface area contributed by atoms with Crippen LogP contribution in [0.4, 0.5) is 0 Å². The van der Waals surface area contributed by atoms with E-state index in [1.807, 2.05) is 13.8 Å². The highest BCUT2D eigenvalue weighted by atomic mass is 35.5. The van der Waals surface area contributed by atoms with Gasteiger partial charge in [-0.15, -0.1) is 12.4 Å². The van der Waals surface area contributed by atoms with Gasteiger partial charge in [0.25, 0.3) is 0 Å². The van der Waals surface area contributed by atoms with Crippen LogP contribution in [0.1, 0.15) is 51.7 Å². The number of halogens is 1. The molecule has 0 aliphatic heterocycles. The molecule has 22 heavy (non-hydrogen) atoms. The predicted molar refractivity (Wildman–Crippen MR) is 96.5 cm³/mol. The van der Waals surface area contributed by atoms with Gasteiger partial charge < -0.3 is 11.1 Å². The van der Waals surface area contributed by atoms with Gasteiger partial charge in [-0.2, -0.15) is 0 Å². The van der Waals surface area contributed by atoms with Gasteiger partial charge in [0, 0.05) is 18.5 Å². The average molecular weight is 327 g/mol. The first kappa shape index (κ1) is 20.9. The molecule has 0 spiro atoms. The highest BCUT2D eigenvalue weighted by Crippen LogP contribution is 2.27. The molecule has 0 aromatic heterocycles. The van der Waals surface area contributed by atoms with Crippen molar-refractivity contribution in [3.63, 3.8) is 0 Å². The lowest BCUT2D eigenvalue weighted by molar-refractivity contribution is -0.131. The summed E-state index contributed by atoms with van der Waals surface area (Å²) >= 11 is 0. The van der Waals surface area contributed by atoms with E-state index in [-0.39, 0.29) is 23.7 Å². The van der Waals surface area contributed by atoms with Crippen LogP contribution in [0.3, 0.4) is 0 Å². The fourth-order valence-corrected chi connectivity index (χ4v) is 2.55. The zero-order valence-corrected chi connectivity index (χ0v) is 15.3. The molecule has 0 heterocycles. The number of benzene rings is 1. The molecule has 4 heteroatoms. The molecule has 0 unspecified atom stereocenters. The number of carbonyl (C=O) groups is 1. The van der Waals surface area contributed by atoms with Gasteiger partial charge >= 0.3 is 0 Å². The summed E-state index contributed by atoms with van der Waals surface area (Å²) in [6.07, 6.45) is 1.55. The predicted octanol–water partition coefficient (Wildman–Crippen LogP) is 3.58. The Labute approximate surface area is 141 Å². The first-order valence-corrected chi connectivity index (χ1v) is 7.87. The Bertz CT molecular complexity index is 456. The van der Waals surface area contributed by atoms with E-state index in [1.54, 1.807) is 0 Å². The summed E-state index contributed by atoms with van der Waals surface area (Å²) in [6, 6.07) is 8.50. The molecule has 1 aromatic carbocycles. The third kappa shape index (κ3) is 4.72. The maximum absolute atomic E-state index is 12.5. The van der Waals surface area contributed by atoms with Crippen LogP contribution in [0.25, 0.3) is 0 Å². The number of hydrogen-bond acceptors (Lipinski definition) is 2. The van der Waals surface area contributed by atoms with Crippen LogP contribution in [0.5, 0.6) is 0 Å². The number of aryl methyl sites for hydroxylation is 1. The van der Waals surface area contributed by atoms with Crippen molar-refractivity contribution in [3.8, 4) is 0 Å². The number of carbonyl (C=O) groups excluding carboxylic acids is 1. The number of nitrogens with one attached hydrogen (secondary N) is 1. The second-order valence-corrected chi connectivity index (χ2v) is 6.62. The largest absolute Gasteiger partial charge is 0.355 e. The number of nitrogens with two attached hydrogens (primary N) is 1. The molecule has 3 nitrogen and oxygen atoms in total. The van der Waals surface area contributed by atoms with Gasteiger partial charge in [0.2, 0.25) is 5.91 Å². The first-order chi connectivity index (χ1) is 9.81. The fourth-order valence-electron chi connectivity index (χ4n) is 2.55. The minimum atomic E-state index is -0.427. The number of rotatable bonds is 7. The van der Waals surface area contributed by atoms with E-state index < -0.39 is 5.41 Å². The quantitative estimate of drug-likeness (QED) is 0.804. The zero-order chi connectivity index (χ0) is 16.1. The van der Waals surface area contributed by atoms with Crippen molar-refractivity contribution in [3.05, 3.63) is 35.4 Å². The van der Waals surface area contributed by atoms with Crippen molar-refractivity contribution in [2.75, 3.05) is 13.1 Å². The molecule has 0 saturated heterocycles. The van der Waals surface area contributed by atoms with Gasteiger partial charge in [-0.1, -0.05) is 57.5 Å². The van der Waals surface area contributed by atoms with E-state index in [4.69, 9.17) is 5.73 Å². The van der Waals surface area contributed by atoms with E-state index in [2.05, 4.69) is 50.4 Å². The van der Waals surface area contributed by atoms with E-state index in [1.165, 1.54) is 11.1 Å². The van der Waals surface area contributed by atoms with Crippen molar-refractivity contribution in [2.45, 2.75) is 52.9 Å². The highest BCUT2D eigenvalue weighted by Gasteiger charge is 2.34. The molecular formula is C18H31ClN2O. The third-order valence-electron chi connectivity index (χ3n) is 4.75. The maximum Gasteiger partial charge on any atom is 0.227 e. The molecule has 3 N–H and O–H groups in total. The summed E-state index contributed by atoms with van der Waals surface area (Å²) in [5.41, 5.74) is 7.80. The molecule has 0 saturated carbocycles. The Morgan fingerprint density at radius 1 is 1.14 bits per heavy atom. The summed E-state index contributed by atoms with van der Waals surface area (Å²) in [7, 11) is 0. The third-order valence-corrected chi connectivity index (χ3v) is 4.75. The Hall–Kier alpha value is -1.06. The topological polar surface area (TPSA) is 55.1 Å². The van der Waals surface area contributed by atoms with Crippen LogP contribution in [0, 0.1) is 12.3 Å². The minimum Gasteiger partial charge on any atom is -0.355 e. The molecule has 1 amide bonds. The second-order valence-electron chi connectivity index (χ2n) is 6.62. The molecule has 1 aromatic rings. The van der Waals surface area contributed by atoms with Crippen molar-refractivity contribution in [2.24, 2.45) is 11.1 Å². The van der Waals surface area contributed by atoms with E-state index >= 15 is 0 Å². The van der Waals surface area contributed by atoms with Crippen LogP contribution in [0.15, 0.2) is 24.3 Å². The molecule has 0 bridgehead atoms. The van der Waals surface area contributed by atoms with Gasteiger partial charge in [-0.05, 0) is 25.3 Å². The molecule has 126 valence electrons. The summed E-state index contributed by atoms with van der Waals surface area (Å²) in [6.45, 7) is 11.5. The van der Waals surface area contributed by atoms with Crippen molar-refractivity contribution < 1.29 is 4.79 Å². The Morgan fingerprint density at radius 3 is 2.05 bits per heavy atom. The molecule has 0 fully saturated rings. The van der Waals surface area contributed by atoms with E-state index in [0.29, 0.717) is 13.1 Å². The molecule has 0 atom stereocenters. The normalized spacial score (nSPS) is 11.7. The standard InChI is InChI=1S/C18H30N2O.ClH/c1-6-18(7-2,12-19)16(21)20-13-17(4,5)15-10-8-14(3)9-11-15;/h8-11H,6-7,12-13,19H2,1-5H3,(H,20,21);1H. The van der Waals surface area contributed by atoms with E-state index in [0.717, 1.165) is 12.8 Å². The fraction of sp³-hybridized carbons (Fsp3) is 0.611. The minimum absolute atomic E-state index is 0. The Morgan fingerprint density at radius 2 is 1.64 bits per heavy atom. The van der Waals surface area contributed by atoms with Crippen molar-refractivity contribution >= 4 is 18.3 Å². The molecular weight excluding hydrogens is 296 g/mol. The Balaban J connectivity index is 0.00000441. The summed E-state index contributed by atoms with van der Waals surface area (Å²) in [4.78, 5) is 12.5. The molecule has 0 aliphatic carbocycles. The van der Waals surface area contributed by atoms with E-state index in [9.17, 15) is 4.79 Å². The molecule has 0 radical (unpaired) electrons. The second kappa shape index (κ2) is 8.54. The lowest BCUT2D eigenvalue weighted by Crippen LogP contribution is -2.48. The summed E-state index contributed by atoms with van der Waals surface area (Å²) in [5, 5.41) is 3.11. The molecule has 1 rings (SSSR count). The number of amides is 1. The van der Waals surface area contributed by atoms with Crippen LogP contribution in [-0.4, -0.2) is 19.0 Å². The first-order valence-electron chi connectivity index (χ1n) is 7.87. The zero-order valence-electron chi connectivity index (χ0n) is 14.5. The van der Waals surface area contributed by atoms with Gasteiger partial charge in [0.05, 0.1) is 5.41 Å². The smallest absolute Gasteiger partial charge is 0.227 e. The van der Waals surface area contributed by atoms with Crippen LogP contribution in [-0.2, 0) is 10.2 Å². The maximum atomic E-state index is 12.5. The van der Waals surface area contributed by atoms with Crippen LogP contribution >= 0.6 is 12.4 Å². The average Bonchev–Trinajstić information content (AvgIpc) is 2.48.